The van der Waals surface area contributed by atoms with Gasteiger partial charge in [0.05, 0.1) is 0 Å². The summed E-state index contributed by atoms with van der Waals surface area (Å²) in [6.45, 7) is 1.98. The molecule has 0 spiro atoms. The predicted octanol–water partition coefficient (Wildman–Crippen LogP) is 3.20. The Morgan fingerprint density at radius 3 is 3.12 bits per heavy atom. The Morgan fingerprint density at radius 1 is 1.41 bits per heavy atom. The van der Waals surface area contributed by atoms with E-state index >= 15 is 0 Å². The van der Waals surface area contributed by atoms with Gasteiger partial charge in [0.15, 0.2) is 5.58 Å². The molecule has 0 saturated heterocycles. The van der Waals surface area contributed by atoms with E-state index in [1.807, 2.05) is 18.2 Å². The molecule has 3 nitrogen and oxygen atoms in total. The van der Waals surface area contributed by atoms with Crippen molar-refractivity contribution in [2.75, 3.05) is 20.1 Å². The number of hydrogen-bond donors (Lipinski definition) is 0. The lowest BCUT2D eigenvalue weighted by atomic mass is 10.1. The SMILES string of the molecule is CN1CCC=C(c2nc3cc(Cl)ccc3o2)C1. The number of fused-ring (bicyclic) bond motifs is 1. The summed E-state index contributed by atoms with van der Waals surface area (Å²) >= 11 is 5.93. The first kappa shape index (κ1) is 10.8. The monoisotopic (exact) mass is 248 g/mol. The zero-order valence-corrected chi connectivity index (χ0v) is 10.4. The maximum atomic E-state index is 5.93. The number of nitrogens with zero attached hydrogens (tertiary/aromatic N) is 2. The molecule has 0 amide bonds. The minimum Gasteiger partial charge on any atom is -0.436 e. The van der Waals surface area contributed by atoms with Crippen molar-refractivity contribution in [3.63, 3.8) is 0 Å². The van der Waals surface area contributed by atoms with Crippen molar-refractivity contribution in [1.29, 1.82) is 0 Å². The third-order valence-electron chi connectivity index (χ3n) is 2.97. The average Bonchev–Trinajstić information content (AvgIpc) is 2.72. The Labute approximate surface area is 105 Å². The topological polar surface area (TPSA) is 29.3 Å². The highest BCUT2D eigenvalue weighted by Gasteiger charge is 2.15. The van der Waals surface area contributed by atoms with Crippen molar-refractivity contribution in [1.82, 2.24) is 9.88 Å². The van der Waals surface area contributed by atoms with Crippen molar-refractivity contribution in [3.05, 3.63) is 35.2 Å². The third kappa shape index (κ3) is 2.08. The summed E-state index contributed by atoms with van der Waals surface area (Å²) < 4.78 is 5.75. The van der Waals surface area contributed by atoms with Crippen molar-refractivity contribution in [2.24, 2.45) is 0 Å². The molecule has 0 fully saturated rings. The molecule has 2 heterocycles. The highest BCUT2D eigenvalue weighted by Crippen LogP contribution is 2.25. The lowest BCUT2D eigenvalue weighted by Crippen LogP contribution is -2.24. The van der Waals surface area contributed by atoms with Gasteiger partial charge in [-0.25, -0.2) is 4.98 Å². The van der Waals surface area contributed by atoms with Crippen LogP contribution in [0.1, 0.15) is 12.3 Å². The summed E-state index contributed by atoms with van der Waals surface area (Å²) in [4.78, 5) is 6.75. The largest absolute Gasteiger partial charge is 0.436 e. The van der Waals surface area contributed by atoms with E-state index in [2.05, 4.69) is 23.0 Å². The summed E-state index contributed by atoms with van der Waals surface area (Å²) in [7, 11) is 2.10. The van der Waals surface area contributed by atoms with E-state index in [-0.39, 0.29) is 0 Å². The van der Waals surface area contributed by atoms with Gasteiger partial charge in [-0.3, -0.25) is 0 Å². The highest BCUT2D eigenvalue weighted by molar-refractivity contribution is 6.31. The standard InChI is InChI=1S/C13H13ClN2O/c1-16-6-2-3-9(8-16)13-15-11-7-10(14)4-5-12(11)17-13/h3-5,7H,2,6,8H2,1H3. The van der Waals surface area contributed by atoms with Crippen LogP contribution in [-0.4, -0.2) is 30.0 Å². The zero-order chi connectivity index (χ0) is 11.8. The smallest absolute Gasteiger partial charge is 0.224 e. The van der Waals surface area contributed by atoms with Crippen LogP contribution in [0.15, 0.2) is 28.7 Å². The normalized spacial score (nSPS) is 17.4. The number of likely N-dealkylation sites (N-methyl/N-ethyl adjacent to an activating group) is 1. The fourth-order valence-electron chi connectivity index (χ4n) is 2.09. The number of aromatic nitrogens is 1. The van der Waals surface area contributed by atoms with E-state index in [0.717, 1.165) is 36.2 Å². The van der Waals surface area contributed by atoms with Gasteiger partial charge < -0.3 is 9.32 Å². The lowest BCUT2D eigenvalue weighted by molar-refractivity contribution is 0.368. The molecule has 0 saturated carbocycles. The first-order valence-corrected chi connectivity index (χ1v) is 6.04. The van der Waals surface area contributed by atoms with E-state index in [9.17, 15) is 0 Å². The molecule has 88 valence electrons. The van der Waals surface area contributed by atoms with Crippen molar-refractivity contribution in [2.45, 2.75) is 6.42 Å². The van der Waals surface area contributed by atoms with Gasteiger partial charge in [-0.15, -0.1) is 0 Å². The molecule has 17 heavy (non-hydrogen) atoms. The fraction of sp³-hybridized carbons (Fsp3) is 0.308. The Bertz CT molecular complexity index is 588. The van der Waals surface area contributed by atoms with Gasteiger partial charge in [-0.1, -0.05) is 17.7 Å². The van der Waals surface area contributed by atoms with Gasteiger partial charge in [0.1, 0.15) is 5.52 Å². The van der Waals surface area contributed by atoms with E-state index in [0.29, 0.717) is 10.9 Å². The van der Waals surface area contributed by atoms with E-state index in [4.69, 9.17) is 16.0 Å². The van der Waals surface area contributed by atoms with Crippen LogP contribution in [0.5, 0.6) is 0 Å². The lowest BCUT2D eigenvalue weighted by Gasteiger charge is -2.20. The van der Waals surface area contributed by atoms with Gasteiger partial charge in [-0.2, -0.15) is 0 Å². The van der Waals surface area contributed by atoms with Gasteiger partial charge in [0.2, 0.25) is 5.89 Å². The second-order valence-electron chi connectivity index (χ2n) is 4.39. The van der Waals surface area contributed by atoms with Crippen LogP contribution in [0.3, 0.4) is 0 Å². The second kappa shape index (κ2) is 4.17. The molecule has 1 aromatic carbocycles. The van der Waals surface area contributed by atoms with E-state index < -0.39 is 0 Å². The molecule has 0 N–H and O–H groups in total. The van der Waals surface area contributed by atoms with Crippen molar-refractivity contribution >= 4 is 28.3 Å². The van der Waals surface area contributed by atoms with Crippen molar-refractivity contribution in [3.8, 4) is 0 Å². The molecule has 1 aliphatic heterocycles. The number of rotatable bonds is 1. The molecule has 1 aromatic heterocycles. The quantitative estimate of drug-likeness (QED) is 0.776. The summed E-state index contributed by atoms with van der Waals surface area (Å²) in [5, 5.41) is 0.687. The third-order valence-corrected chi connectivity index (χ3v) is 3.20. The summed E-state index contributed by atoms with van der Waals surface area (Å²) in [5.41, 5.74) is 2.77. The molecule has 0 aliphatic carbocycles. The van der Waals surface area contributed by atoms with Gasteiger partial charge >= 0.3 is 0 Å². The van der Waals surface area contributed by atoms with Crippen LogP contribution < -0.4 is 0 Å². The first-order chi connectivity index (χ1) is 8.22. The van der Waals surface area contributed by atoms with Crippen LogP contribution in [0.25, 0.3) is 16.7 Å². The Kier molecular flexibility index (Phi) is 2.65. The maximum absolute atomic E-state index is 5.93. The Balaban J connectivity index is 2.03. The zero-order valence-electron chi connectivity index (χ0n) is 9.61. The summed E-state index contributed by atoms with van der Waals surface area (Å²) in [5.74, 6) is 0.716. The predicted molar refractivity (Wildman–Crippen MR) is 69.1 cm³/mol. The molecule has 0 unspecified atom stereocenters. The minimum atomic E-state index is 0.687. The molecule has 4 heteroatoms. The van der Waals surface area contributed by atoms with Crippen LogP contribution >= 0.6 is 11.6 Å². The van der Waals surface area contributed by atoms with Crippen LogP contribution in [0, 0.1) is 0 Å². The molecule has 3 rings (SSSR count). The number of halogens is 1. The maximum Gasteiger partial charge on any atom is 0.224 e. The van der Waals surface area contributed by atoms with Gasteiger partial charge in [0, 0.05) is 23.7 Å². The van der Waals surface area contributed by atoms with Crippen molar-refractivity contribution < 1.29 is 4.42 Å². The van der Waals surface area contributed by atoms with E-state index in [1.165, 1.54) is 0 Å². The molecular weight excluding hydrogens is 236 g/mol. The van der Waals surface area contributed by atoms with Crippen LogP contribution in [0.4, 0.5) is 0 Å². The molecule has 0 atom stereocenters. The molecule has 1 aliphatic rings. The first-order valence-electron chi connectivity index (χ1n) is 5.66. The Hall–Kier alpha value is -1.32. The fourth-order valence-corrected chi connectivity index (χ4v) is 2.25. The summed E-state index contributed by atoms with van der Waals surface area (Å²) in [6.07, 6.45) is 3.25. The number of hydrogen-bond acceptors (Lipinski definition) is 3. The number of oxazole rings is 1. The second-order valence-corrected chi connectivity index (χ2v) is 4.82. The van der Waals surface area contributed by atoms with Crippen LogP contribution in [-0.2, 0) is 0 Å². The molecular formula is C13H13ClN2O. The molecule has 0 radical (unpaired) electrons. The summed E-state index contributed by atoms with van der Waals surface area (Å²) in [6, 6.07) is 5.51. The van der Waals surface area contributed by atoms with E-state index in [1.54, 1.807) is 0 Å². The highest BCUT2D eigenvalue weighted by atomic mass is 35.5. The van der Waals surface area contributed by atoms with Crippen LogP contribution in [0.2, 0.25) is 5.02 Å². The Morgan fingerprint density at radius 2 is 2.29 bits per heavy atom. The minimum absolute atomic E-state index is 0.687. The molecule has 2 aromatic rings. The number of benzene rings is 1. The molecule has 0 bridgehead atoms. The average molecular weight is 249 g/mol. The van der Waals surface area contributed by atoms with Gasteiger partial charge in [-0.05, 0) is 31.7 Å². The van der Waals surface area contributed by atoms with Gasteiger partial charge in [0.25, 0.3) is 0 Å².